The van der Waals surface area contributed by atoms with E-state index in [1.54, 1.807) is 28.6 Å². The van der Waals surface area contributed by atoms with E-state index >= 15 is 0 Å². The Hall–Kier alpha value is -2.58. The Morgan fingerprint density at radius 1 is 0.978 bits per heavy atom. The lowest BCUT2D eigenvalue weighted by Gasteiger charge is -2.38. The minimum atomic E-state index is -3.73. The summed E-state index contributed by atoms with van der Waals surface area (Å²) in [7, 11) is -7.34. The molecule has 5 rings (SSSR count). The van der Waals surface area contributed by atoms with Crippen molar-refractivity contribution in [2.45, 2.75) is 80.5 Å². The van der Waals surface area contributed by atoms with Gasteiger partial charge in [0.25, 0.3) is 0 Å². The van der Waals surface area contributed by atoms with Crippen LogP contribution in [-0.2, 0) is 24.8 Å². The summed E-state index contributed by atoms with van der Waals surface area (Å²) in [5.41, 5.74) is -0.627. The van der Waals surface area contributed by atoms with Crippen LogP contribution in [0.15, 0.2) is 76.5 Å². The molecule has 2 fully saturated rings. The van der Waals surface area contributed by atoms with Crippen molar-refractivity contribution in [3.05, 3.63) is 66.7 Å². The number of fused-ring (bicyclic) bond motifs is 1. The second-order valence-corrected chi connectivity index (χ2v) is 17.0. The van der Waals surface area contributed by atoms with Gasteiger partial charge in [-0.15, -0.1) is 0 Å². The van der Waals surface area contributed by atoms with Gasteiger partial charge in [0.2, 0.25) is 20.0 Å². The maximum Gasteiger partial charge on any atom is 0.243 e. The molecule has 12 heteroatoms. The summed E-state index contributed by atoms with van der Waals surface area (Å²) in [5, 5.41) is 15.8. The van der Waals surface area contributed by atoms with Gasteiger partial charge in [-0.25, -0.2) is 21.6 Å². The topological polar surface area (TPSA) is 134 Å². The van der Waals surface area contributed by atoms with Crippen LogP contribution < -0.4 is 14.8 Å². The van der Waals surface area contributed by atoms with Gasteiger partial charge in [0.05, 0.1) is 22.0 Å². The molecule has 2 unspecified atom stereocenters. The Morgan fingerprint density at radius 3 is 2.40 bits per heavy atom. The molecule has 0 saturated carbocycles. The largest absolute Gasteiger partial charge is 0.491 e. The molecule has 2 heterocycles. The Kier molecular flexibility index (Phi) is 9.96. The second-order valence-electron chi connectivity index (χ2n) is 13.4. The Labute approximate surface area is 267 Å². The highest BCUT2D eigenvalue weighted by Crippen LogP contribution is 2.37. The number of hydrogen-bond acceptors (Lipinski definition) is 8. The first-order valence-electron chi connectivity index (χ1n) is 15.5. The first kappa shape index (κ1) is 33.8. The van der Waals surface area contributed by atoms with Gasteiger partial charge in [-0.05, 0) is 66.6 Å². The van der Waals surface area contributed by atoms with Gasteiger partial charge in [0.15, 0.2) is 0 Å². The predicted molar refractivity (Wildman–Crippen MR) is 174 cm³/mol. The van der Waals surface area contributed by atoms with E-state index in [0.717, 1.165) is 17.2 Å². The van der Waals surface area contributed by atoms with E-state index < -0.39 is 26.2 Å². The number of rotatable bonds is 11. The van der Waals surface area contributed by atoms with Gasteiger partial charge in [0, 0.05) is 37.8 Å². The molecule has 246 valence electrons. The SMILES string of the molecule is CC(NS(=O)(=O)c1cccc(OC[C@@H](O)CNC2COC3(CCN(S(=O)(=O)c4ccc5ccccc5c4)CC3)C2)c1)C(C)(C)C. The van der Waals surface area contributed by atoms with Crippen LogP contribution in [-0.4, -0.2) is 82.9 Å². The maximum atomic E-state index is 13.4. The van der Waals surface area contributed by atoms with Gasteiger partial charge < -0.3 is 19.9 Å². The molecule has 0 bridgehead atoms. The normalized spacial score (nSPS) is 20.8. The Balaban J connectivity index is 1.08. The lowest BCUT2D eigenvalue weighted by molar-refractivity contribution is -0.0312. The summed E-state index contributed by atoms with van der Waals surface area (Å²) in [6.45, 7) is 9.25. The average molecular weight is 660 g/mol. The number of nitrogens with one attached hydrogen (secondary N) is 2. The van der Waals surface area contributed by atoms with Gasteiger partial charge in [-0.2, -0.15) is 4.31 Å². The molecule has 0 radical (unpaired) electrons. The van der Waals surface area contributed by atoms with Crippen LogP contribution in [0.4, 0.5) is 0 Å². The number of sulfonamides is 2. The zero-order valence-corrected chi connectivity index (χ0v) is 28.0. The zero-order valence-electron chi connectivity index (χ0n) is 26.4. The summed E-state index contributed by atoms with van der Waals surface area (Å²) >= 11 is 0. The number of piperidine rings is 1. The van der Waals surface area contributed by atoms with Crippen molar-refractivity contribution in [3.63, 3.8) is 0 Å². The Morgan fingerprint density at radius 2 is 1.69 bits per heavy atom. The van der Waals surface area contributed by atoms with Gasteiger partial charge >= 0.3 is 0 Å². The van der Waals surface area contributed by atoms with Gasteiger partial charge in [0.1, 0.15) is 18.5 Å². The highest BCUT2D eigenvalue weighted by molar-refractivity contribution is 7.89. The Bertz CT molecular complexity index is 1700. The molecule has 3 aromatic carbocycles. The molecule has 0 aliphatic carbocycles. The molecule has 10 nitrogen and oxygen atoms in total. The van der Waals surface area contributed by atoms with E-state index in [9.17, 15) is 21.9 Å². The first-order valence-corrected chi connectivity index (χ1v) is 18.4. The number of hydrogen-bond donors (Lipinski definition) is 3. The quantitative estimate of drug-likeness (QED) is 0.282. The maximum absolute atomic E-state index is 13.4. The standard InChI is InChI=1S/C33H45N3O7S2/c1-24(32(2,3)4)35-44(38,39)30-11-7-10-29(19-30)42-23-28(37)21-34-27-20-33(43-22-27)14-16-36(17-15-33)45(40,41)31-13-12-25-8-5-6-9-26(25)18-31/h5-13,18-19,24,27-28,34-35,37H,14-17,20-23H2,1-4H3/t24?,27?,28-/m0/s1. The lowest BCUT2D eigenvalue weighted by Crippen LogP contribution is -2.47. The zero-order chi connectivity index (χ0) is 32.5. The minimum absolute atomic E-state index is 0.0113. The second kappa shape index (κ2) is 13.3. The van der Waals surface area contributed by atoms with Gasteiger partial charge in [-0.3, -0.25) is 0 Å². The van der Waals surface area contributed by atoms with Crippen molar-refractivity contribution in [2.24, 2.45) is 5.41 Å². The summed E-state index contributed by atoms with van der Waals surface area (Å²) in [5.74, 6) is 0.355. The van der Waals surface area contributed by atoms with Crippen LogP contribution in [0.5, 0.6) is 5.75 Å². The van der Waals surface area contributed by atoms with E-state index in [1.807, 2.05) is 58.0 Å². The molecule has 3 N–H and O–H groups in total. The number of benzene rings is 3. The van der Waals surface area contributed by atoms with Crippen LogP contribution in [0.2, 0.25) is 0 Å². The summed E-state index contributed by atoms with van der Waals surface area (Å²) < 4.78 is 68.7. The lowest BCUT2D eigenvalue weighted by atomic mass is 9.88. The number of aliphatic hydroxyl groups excluding tert-OH is 1. The molecule has 3 aromatic rings. The number of aliphatic hydroxyl groups is 1. The first-order chi connectivity index (χ1) is 21.2. The average Bonchev–Trinajstić information content (AvgIpc) is 3.40. The van der Waals surface area contributed by atoms with Crippen molar-refractivity contribution in [3.8, 4) is 5.75 Å². The predicted octanol–water partition coefficient (Wildman–Crippen LogP) is 3.89. The third-order valence-corrected chi connectivity index (χ3v) is 12.5. The molecule has 0 amide bonds. The van der Waals surface area contributed by atoms with E-state index in [-0.39, 0.29) is 41.1 Å². The number of nitrogens with zero attached hydrogens (tertiary/aromatic N) is 1. The van der Waals surface area contributed by atoms with Crippen LogP contribution in [0.1, 0.15) is 47.0 Å². The molecular formula is C33H45N3O7S2. The highest BCUT2D eigenvalue weighted by Gasteiger charge is 2.44. The fraction of sp³-hybridized carbons (Fsp3) is 0.515. The number of ether oxygens (including phenoxy) is 2. The van der Waals surface area contributed by atoms with Crippen LogP contribution in [0, 0.1) is 5.41 Å². The van der Waals surface area contributed by atoms with Crippen molar-refractivity contribution in [1.29, 1.82) is 0 Å². The molecule has 2 aliphatic heterocycles. The molecule has 0 aromatic heterocycles. The summed E-state index contributed by atoms with van der Waals surface area (Å²) in [6, 6.07) is 19.0. The minimum Gasteiger partial charge on any atom is -0.491 e. The highest BCUT2D eigenvalue weighted by atomic mass is 32.2. The van der Waals surface area contributed by atoms with Crippen LogP contribution in [0.3, 0.4) is 0 Å². The summed E-state index contributed by atoms with van der Waals surface area (Å²) in [6.07, 6.45) is 1.11. The fourth-order valence-corrected chi connectivity index (χ4v) is 8.66. The molecule has 3 atom stereocenters. The molecular weight excluding hydrogens is 615 g/mol. The van der Waals surface area contributed by atoms with Crippen LogP contribution >= 0.6 is 0 Å². The molecule has 2 aliphatic rings. The van der Waals surface area contributed by atoms with Gasteiger partial charge in [-0.1, -0.05) is 57.2 Å². The van der Waals surface area contributed by atoms with E-state index in [4.69, 9.17) is 9.47 Å². The van der Waals surface area contributed by atoms with E-state index in [1.165, 1.54) is 12.1 Å². The fourth-order valence-electron chi connectivity index (χ4n) is 5.70. The molecule has 45 heavy (non-hydrogen) atoms. The summed E-state index contributed by atoms with van der Waals surface area (Å²) in [4.78, 5) is 0.411. The van der Waals surface area contributed by atoms with E-state index in [2.05, 4.69) is 10.0 Å². The third-order valence-electron chi connectivity index (χ3n) is 9.03. The smallest absolute Gasteiger partial charge is 0.243 e. The van der Waals surface area contributed by atoms with Crippen molar-refractivity contribution >= 4 is 30.8 Å². The molecule has 1 spiro atoms. The molecule has 2 saturated heterocycles. The van der Waals surface area contributed by atoms with Crippen molar-refractivity contribution in [1.82, 2.24) is 14.3 Å². The third kappa shape index (κ3) is 8.05. The van der Waals surface area contributed by atoms with Crippen molar-refractivity contribution < 1.29 is 31.4 Å². The van der Waals surface area contributed by atoms with Crippen LogP contribution in [0.25, 0.3) is 10.8 Å². The van der Waals surface area contributed by atoms with Crippen molar-refractivity contribution in [2.75, 3.05) is 32.8 Å². The van der Waals surface area contributed by atoms with E-state index in [0.29, 0.717) is 43.2 Å². The monoisotopic (exact) mass is 659 g/mol.